The number of phenols is 2. The Bertz CT molecular complexity index is 2140. The van der Waals surface area contributed by atoms with E-state index in [0.717, 1.165) is 32.2 Å². The second-order valence-electron chi connectivity index (χ2n) is 16.7. The maximum absolute atomic E-state index is 14.2. The van der Waals surface area contributed by atoms with Crippen LogP contribution in [0.4, 0.5) is 5.69 Å². The lowest BCUT2D eigenvalue weighted by atomic mass is 9.78. The molecular weight excluding hydrogens is 801 g/mol. The number of amides is 1. The monoisotopic (exact) mass is 862 g/mol. The third-order valence-electron chi connectivity index (χ3n) is 12.6. The summed E-state index contributed by atoms with van der Waals surface area (Å²) in [5.41, 5.74) is -0.717. The molecule has 16 nitrogen and oxygen atoms in total. The number of aromatic hydroxyl groups is 2. The summed E-state index contributed by atoms with van der Waals surface area (Å²) in [4.78, 5) is 42.8. The summed E-state index contributed by atoms with van der Waals surface area (Å²) in [6.07, 6.45) is 7.85. The lowest BCUT2D eigenvalue weighted by Crippen LogP contribution is -2.47. The summed E-state index contributed by atoms with van der Waals surface area (Å²) in [6, 6.07) is 0.541. The topological polar surface area (TPSA) is 220 Å². The van der Waals surface area contributed by atoms with Crippen LogP contribution in [0, 0.1) is 35.5 Å². The second-order valence-corrected chi connectivity index (χ2v) is 16.7. The summed E-state index contributed by atoms with van der Waals surface area (Å²) in [5, 5.41) is 66.6. The van der Waals surface area contributed by atoms with Gasteiger partial charge in [0.05, 0.1) is 52.8 Å². The average Bonchev–Trinajstić information content (AvgIpc) is 3.75. The predicted octanol–water partition coefficient (Wildman–Crippen LogP) is 2.57. The lowest BCUT2D eigenvalue weighted by molar-refractivity contribution is -0.160. The molecule has 5 aliphatic rings. The molecule has 1 saturated carbocycles. The number of methoxy groups -OCH3 is 2. The molecule has 1 saturated heterocycles. The zero-order valence-electron chi connectivity index (χ0n) is 36.8. The van der Waals surface area contributed by atoms with Gasteiger partial charge in [-0.15, -0.1) is 0 Å². The Labute approximate surface area is 362 Å². The third-order valence-corrected chi connectivity index (χ3v) is 12.6. The molecule has 2 aliphatic carbocycles. The molecule has 3 heterocycles. The van der Waals surface area contributed by atoms with E-state index >= 15 is 0 Å². The van der Waals surface area contributed by atoms with Crippen molar-refractivity contribution in [2.75, 3.05) is 45.7 Å². The molecule has 1 amide bonds. The Morgan fingerprint density at radius 1 is 0.919 bits per heavy atom. The van der Waals surface area contributed by atoms with Crippen LogP contribution in [-0.2, 0) is 33.3 Å². The fourth-order valence-corrected chi connectivity index (χ4v) is 8.79. The highest BCUT2D eigenvalue weighted by atomic mass is 16.6. The molecule has 4 bridgehead atoms. The van der Waals surface area contributed by atoms with E-state index in [-0.39, 0.29) is 27.6 Å². The number of ether oxygens (including phenoxy) is 4. The number of anilines is 1. The number of esters is 2. The van der Waals surface area contributed by atoms with Gasteiger partial charge in [0, 0.05) is 87.8 Å². The molecule has 62 heavy (non-hydrogen) atoms. The van der Waals surface area contributed by atoms with Crippen LogP contribution in [0.25, 0.3) is 11.3 Å². The Morgan fingerprint density at radius 2 is 1.60 bits per heavy atom. The van der Waals surface area contributed by atoms with Gasteiger partial charge in [-0.3, -0.25) is 19.5 Å². The first kappa shape index (κ1) is 47.9. The maximum Gasteiger partial charge on any atom is 0.343 e. The number of nitrogens with one attached hydrogen (secondary N) is 1. The molecule has 6 N–H and O–H groups in total. The first-order chi connectivity index (χ1) is 29.5. The first-order valence-electron chi connectivity index (χ1n) is 21.2. The minimum Gasteiger partial charge on any atom is -0.507 e. The molecular formula is C46H62N4O12. The van der Waals surface area contributed by atoms with Crippen molar-refractivity contribution in [3.63, 3.8) is 0 Å². The van der Waals surface area contributed by atoms with Gasteiger partial charge in [-0.1, -0.05) is 64.7 Å². The van der Waals surface area contributed by atoms with E-state index in [1.165, 1.54) is 59.3 Å². The summed E-state index contributed by atoms with van der Waals surface area (Å²) in [5.74, 6) is -1.90. The van der Waals surface area contributed by atoms with Crippen LogP contribution in [0.15, 0.2) is 41.2 Å². The number of fused-ring (bicyclic) bond motifs is 15. The van der Waals surface area contributed by atoms with Crippen LogP contribution < -0.4 is 15.8 Å². The number of allylic oxidation sites excluding steroid dienone is 2. The van der Waals surface area contributed by atoms with Crippen LogP contribution in [0.1, 0.15) is 72.8 Å². The molecule has 1 aromatic carbocycles. The number of aliphatic hydroxyl groups is 3. The smallest absolute Gasteiger partial charge is 0.343 e. The predicted molar refractivity (Wildman–Crippen MR) is 232 cm³/mol. The van der Waals surface area contributed by atoms with Gasteiger partial charge in [0.2, 0.25) is 0 Å². The van der Waals surface area contributed by atoms with E-state index in [9.17, 15) is 39.9 Å². The largest absolute Gasteiger partial charge is 0.507 e. The molecule has 1 aromatic rings. The number of carbonyl (C=O) groups is 3. The number of carbonyl (C=O) groups excluding carboxylic acids is 3. The molecule has 0 spiro atoms. The van der Waals surface area contributed by atoms with Crippen molar-refractivity contribution in [1.29, 1.82) is 0 Å². The molecule has 9 atom stereocenters. The van der Waals surface area contributed by atoms with E-state index in [1.54, 1.807) is 39.8 Å². The highest BCUT2D eigenvalue weighted by molar-refractivity contribution is 6.14. The van der Waals surface area contributed by atoms with Gasteiger partial charge in [0.15, 0.2) is 17.6 Å². The fraction of sp³-hybridized carbons (Fsp3) is 0.565. The number of hydrogen-bond donors (Lipinski definition) is 6. The first-order valence-corrected chi connectivity index (χ1v) is 21.2. The number of hydrogen-bond acceptors (Lipinski definition) is 15. The van der Waals surface area contributed by atoms with Gasteiger partial charge >= 0.3 is 11.9 Å². The van der Waals surface area contributed by atoms with Crippen molar-refractivity contribution >= 4 is 41.1 Å². The van der Waals surface area contributed by atoms with Crippen LogP contribution >= 0.6 is 0 Å². The SMILES string of the molecule is COC1C#CC(O)=c2c(O)c3c(/C=N/N4CCN(C5CCCC5)CC4)c(O)c2=C1C(=O)O/C=C/C(OC)[C@@H](C)C(OC(C)=O)[C@H](C)C(O)[C@H](C)C(O)[C@@H](C)/C=C/C=C(/C)C(=O)N3. The Morgan fingerprint density at radius 3 is 2.23 bits per heavy atom. The van der Waals surface area contributed by atoms with Crippen molar-refractivity contribution in [1.82, 2.24) is 9.91 Å². The van der Waals surface area contributed by atoms with Crippen LogP contribution in [0.5, 0.6) is 11.5 Å². The molecule has 6 rings (SSSR count). The zero-order chi connectivity index (χ0) is 45.4. The maximum atomic E-state index is 14.2. The summed E-state index contributed by atoms with van der Waals surface area (Å²) >= 11 is 0. The highest BCUT2D eigenvalue weighted by Gasteiger charge is 2.39. The van der Waals surface area contributed by atoms with E-state index in [4.69, 9.17) is 18.9 Å². The van der Waals surface area contributed by atoms with Gasteiger partial charge in [-0.25, -0.2) is 4.79 Å². The Hall–Kier alpha value is -5.18. The van der Waals surface area contributed by atoms with E-state index in [2.05, 4.69) is 27.2 Å². The second kappa shape index (κ2) is 21.3. The van der Waals surface area contributed by atoms with Crippen LogP contribution in [-0.4, -0.2) is 136 Å². The summed E-state index contributed by atoms with van der Waals surface area (Å²) in [7, 11) is 2.67. The number of rotatable bonds is 6. The zero-order valence-corrected chi connectivity index (χ0v) is 36.8. The minimum atomic E-state index is -1.39. The number of hydrazone groups is 1. The number of aliphatic hydroxyl groups excluding tert-OH is 3. The Kier molecular flexibility index (Phi) is 16.4. The fourth-order valence-electron chi connectivity index (χ4n) is 8.79. The lowest BCUT2D eigenvalue weighted by Gasteiger charge is -2.38. The van der Waals surface area contributed by atoms with Gasteiger partial charge in [-0.2, -0.15) is 5.10 Å². The highest BCUT2D eigenvalue weighted by Crippen LogP contribution is 2.33. The molecule has 0 radical (unpaired) electrons. The van der Waals surface area contributed by atoms with Gasteiger partial charge in [0.1, 0.15) is 11.9 Å². The molecule has 338 valence electrons. The molecule has 16 heteroatoms. The number of nitrogens with zero attached hydrogens (tertiary/aromatic N) is 3. The average molecular weight is 863 g/mol. The van der Waals surface area contributed by atoms with Crippen molar-refractivity contribution in [3.8, 4) is 23.3 Å². The van der Waals surface area contributed by atoms with Crippen molar-refractivity contribution in [2.45, 2.75) is 104 Å². The molecule has 0 aromatic heterocycles. The molecule has 3 aliphatic heterocycles. The third kappa shape index (κ3) is 10.7. The number of piperazine rings is 1. The standard InChI is InChI=1S/C46H62N4O12/c1-25-12-11-13-26(2)45(57)48-39-32(24-47-50-21-19-49(20-22-50)31-14-9-10-15-31)42(55)38-36(43(39)56)33(52)16-17-35(60-8)37(38)46(58)61-23-18-34(59-7)27(3)44(62-30(6)51)29(5)41(54)28(4)40(25)53/h11-13,18,23-25,27-29,31,34-35,40-41,44,52-56H,9-10,14-15,19-22H2,1-8H3,(H,48,57)/b12-11+,23-18+,26-13-,47-24+/t25-,27+,28+,29+,34?,35?,40?,41?,44?/m0/s1. The van der Waals surface area contributed by atoms with E-state index in [1.807, 2.05) is 5.01 Å². The van der Waals surface area contributed by atoms with Crippen molar-refractivity contribution in [3.05, 3.63) is 52.1 Å². The quantitative estimate of drug-likeness (QED) is 0.0797. The van der Waals surface area contributed by atoms with Crippen molar-refractivity contribution in [2.24, 2.45) is 28.8 Å². The molecule has 5 unspecified atom stereocenters. The van der Waals surface area contributed by atoms with E-state index < -0.39 is 94.5 Å². The van der Waals surface area contributed by atoms with E-state index in [0.29, 0.717) is 19.1 Å². The Balaban J connectivity index is 1.68. The van der Waals surface area contributed by atoms with Gasteiger partial charge in [-0.05, 0) is 31.8 Å². The van der Waals surface area contributed by atoms with Gasteiger partial charge in [0.25, 0.3) is 5.91 Å². The van der Waals surface area contributed by atoms with Crippen LogP contribution in [0.2, 0.25) is 0 Å². The van der Waals surface area contributed by atoms with Crippen LogP contribution in [0.3, 0.4) is 0 Å². The minimum absolute atomic E-state index is 0.156. The van der Waals surface area contributed by atoms with Crippen molar-refractivity contribution < 1.29 is 58.9 Å². The normalized spacial score (nSPS) is 31.7. The molecule has 2 fully saturated rings. The van der Waals surface area contributed by atoms with Gasteiger partial charge < -0.3 is 49.8 Å². The summed E-state index contributed by atoms with van der Waals surface area (Å²) < 4.78 is 22.6. The number of phenolic OH excluding ortho intramolecular Hbond substituents is 2. The number of benzene rings is 1. The summed E-state index contributed by atoms with van der Waals surface area (Å²) in [6.45, 7) is 12.3.